The van der Waals surface area contributed by atoms with Gasteiger partial charge in [-0.2, -0.15) is 24.7 Å². The van der Waals surface area contributed by atoms with Crippen molar-refractivity contribution in [1.29, 1.82) is 0 Å². The summed E-state index contributed by atoms with van der Waals surface area (Å²) in [7, 11) is 1.82. The highest BCUT2D eigenvalue weighted by Crippen LogP contribution is 2.22. The van der Waals surface area contributed by atoms with Gasteiger partial charge in [-0.3, -0.25) is 0 Å². The number of aromatic nitrogens is 9. The first-order valence-electron chi connectivity index (χ1n) is 5.11. The zero-order chi connectivity index (χ0) is 13.2. The molecule has 0 aromatic carbocycles. The third-order valence-electron chi connectivity index (χ3n) is 2.10. The molecule has 0 aliphatic carbocycles. The summed E-state index contributed by atoms with van der Waals surface area (Å²) in [5, 5.41) is 12.7. The Morgan fingerprint density at radius 2 is 2.11 bits per heavy atom. The van der Waals surface area contributed by atoms with Crippen LogP contribution in [0.3, 0.4) is 0 Å². The lowest BCUT2D eigenvalue weighted by Gasteiger charge is -2.03. The largest absolute Gasteiger partial charge is 0.368 e. The van der Waals surface area contributed by atoms with Gasteiger partial charge in [0.05, 0.1) is 0 Å². The van der Waals surface area contributed by atoms with Gasteiger partial charge in [-0.1, -0.05) is 0 Å². The van der Waals surface area contributed by atoms with Crippen LogP contribution < -0.4 is 5.73 Å². The average molecular weight is 276 g/mol. The van der Waals surface area contributed by atoms with Gasteiger partial charge in [-0.25, -0.2) is 4.98 Å². The number of hydrogen-bond acceptors (Lipinski definition) is 9. The van der Waals surface area contributed by atoms with Gasteiger partial charge in [-0.15, -0.1) is 10.2 Å². The van der Waals surface area contributed by atoms with Crippen molar-refractivity contribution in [1.82, 2.24) is 44.5 Å². The first-order chi connectivity index (χ1) is 9.22. The molecule has 0 saturated heterocycles. The van der Waals surface area contributed by atoms with Crippen LogP contribution in [-0.2, 0) is 7.05 Å². The summed E-state index contributed by atoms with van der Waals surface area (Å²) >= 11 is 1.23. The third-order valence-corrected chi connectivity index (χ3v) is 3.01. The first kappa shape index (κ1) is 11.5. The second-order valence-corrected chi connectivity index (χ2v) is 4.38. The molecule has 0 bridgehead atoms. The number of hydrogen-bond donors (Lipinski definition) is 1. The van der Waals surface area contributed by atoms with Crippen LogP contribution in [0.4, 0.5) is 5.95 Å². The number of nitrogen functional groups attached to an aromatic ring is 1. The minimum Gasteiger partial charge on any atom is -0.368 e. The van der Waals surface area contributed by atoms with Crippen molar-refractivity contribution in [2.24, 2.45) is 7.05 Å². The molecular weight excluding hydrogens is 268 g/mol. The topological polar surface area (TPSA) is 126 Å². The summed E-state index contributed by atoms with van der Waals surface area (Å²) < 4.78 is 3.15. The Bertz CT molecular complexity index is 689. The van der Waals surface area contributed by atoms with Crippen molar-refractivity contribution in [3.05, 3.63) is 19.0 Å². The van der Waals surface area contributed by atoms with Crippen LogP contribution in [0.2, 0.25) is 0 Å². The summed E-state index contributed by atoms with van der Waals surface area (Å²) in [6.07, 6.45) is 4.45. The second-order valence-electron chi connectivity index (χ2n) is 3.44. The van der Waals surface area contributed by atoms with Gasteiger partial charge in [0.15, 0.2) is 5.16 Å². The molecule has 3 heterocycles. The minimum absolute atomic E-state index is 0.102. The lowest BCUT2D eigenvalue weighted by atomic mass is 10.9. The van der Waals surface area contributed by atoms with Crippen LogP contribution >= 0.6 is 11.8 Å². The van der Waals surface area contributed by atoms with Crippen molar-refractivity contribution < 1.29 is 0 Å². The smallest absolute Gasteiger partial charge is 0.257 e. The Labute approximate surface area is 111 Å². The molecule has 10 nitrogen and oxygen atoms in total. The van der Waals surface area contributed by atoms with Crippen LogP contribution in [-0.4, -0.2) is 44.5 Å². The Balaban J connectivity index is 1.96. The van der Waals surface area contributed by atoms with E-state index in [-0.39, 0.29) is 5.95 Å². The van der Waals surface area contributed by atoms with Gasteiger partial charge < -0.3 is 10.3 Å². The van der Waals surface area contributed by atoms with Gasteiger partial charge in [0.2, 0.25) is 11.1 Å². The summed E-state index contributed by atoms with van der Waals surface area (Å²) in [5.74, 6) is 0.403. The van der Waals surface area contributed by atoms with Gasteiger partial charge >= 0.3 is 0 Å². The molecule has 3 aromatic rings. The molecule has 96 valence electrons. The highest BCUT2D eigenvalue weighted by Gasteiger charge is 2.11. The molecule has 3 rings (SSSR count). The zero-order valence-corrected chi connectivity index (χ0v) is 10.6. The zero-order valence-electron chi connectivity index (χ0n) is 9.74. The van der Waals surface area contributed by atoms with E-state index in [9.17, 15) is 0 Å². The predicted molar refractivity (Wildman–Crippen MR) is 64.3 cm³/mol. The highest BCUT2D eigenvalue weighted by molar-refractivity contribution is 7.99. The summed E-state index contributed by atoms with van der Waals surface area (Å²) in [6.45, 7) is 0. The molecule has 0 aliphatic rings. The van der Waals surface area contributed by atoms with Crippen LogP contribution in [0.5, 0.6) is 0 Å². The van der Waals surface area contributed by atoms with Crippen molar-refractivity contribution in [3.63, 3.8) is 0 Å². The fourth-order valence-electron chi connectivity index (χ4n) is 1.27. The fourth-order valence-corrected chi connectivity index (χ4v) is 1.98. The normalized spacial score (nSPS) is 10.8. The molecule has 3 aromatic heterocycles. The summed E-state index contributed by atoms with van der Waals surface area (Å²) in [5.41, 5.74) is 5.65. The maximum absolute atomic E-state index is 5.65. The molecule has 0 radical (unpaired) electrons. The molecule has 0 fully saturated rings. The predicted octanol–water partition coefficient (Wildman–Crippen LogP) is -0.686. The van der Waals surface area contributed by atoms with Gasteiger partial charge in [0.1, 0.15) is 19.0 Å². The van der Waals surface area contributed by atoms with E-state index >= 15 is 0 Å². The average Bonchev–Trinajstić information content (AvgIpc) is 3.01. The van der Waals surface area contributed by atoms with Crippen LogP contribution in [0, 0.1) is 0 Å². The lowest BCUT2D eigenvalue weighted by Crippen LogP contribution is -2.07. The molecular formula is C8H8N10S. The van der Waals surface area contributed by atoms with Crippen LogP contribution in [0.15, 0.2) is 29.3 Å². The second kappa shape index (κ2) is 4.61. The molecule has 2 N–H and O–H groups in total. The van der Waals surface area contributed by atoms with E-state index in [2.05, 4.69) is 35.2 Å². The molecule has 0 aliphatic heterocycles. The van der Waals surface area contributed by atoms with E-state index in [0.29, 0.717) is 16.3 Å². The molecule has 0 unspecified atom stereocenters. The summed E-state index contributed by atoms with van der Waals surface area (Å²) in [4.78, 5) is 16.1. The highest BCUT2D eigenvalue weighted by atomic mass is 32.2. The van der Waals surface area contributed by atoms with E-state index in [1.165, 1.54) is 29.1 Å². The molecule has 0 atom stereocenters. The fraction of sp³-hybridized carbons (Fsp3) is 0.125. The van der Waals surface area contributed by atoms with E-state index in [1.54, 1.807) is 10.9 Å². The first-order valence-corrected chi connectivity index (χ1v) is 5.92. The van der Waals surface area contributed by atoms with Crippen molar-refractivity contribution in [2.45, 2.75) is 10.3 Å². The van der Waals surface area contributed by atoms with Gasteiger partial charge in [0.25, 0.3) is 5.95 Å². The van der Waals surface area contributed by atoms with E-state index in [1.807, 2.05) is 7.05 Å². The Hall–Kier alpha value is -2.56. The number of nitrogens with zero attached hydrogens (tertiary/aromatic N) is 9. The van der Waals surface area contributed by atoms with Crippen molar-refractivity contribution >= 4 is 17.7 Å². The van der Waals surface area contributed by atoms with Crippen LogP contribution in [0.25, 0.3) is 5.95 Å². The standard InChI is InChI=1S/C8H8N10S/c1-17-4-11-16-8(17)19-7-14-5(9)13-6(15-7)18-3-10-2-12-18/h2-4H,1H3,(H2,9,13,14,15). The molecule has 0 spiro atoms. The summed E-state index contributed by atoms with van der Waals surface area (Å²) in [6, 6.07) is 0. The lowest BCUT2D eigenvalue weighted by molar-refractivity contribution is 0.753. The minimum atomic E-state index is 0.102. The Kier molecular flexibility index (Phi) is 2.79. The van der Waals surface area contributed by atoms with Gasteiger partial charge in [-0.05, 0) is 11.8 Å². The Morgan fingerprint density at radius 1 is 1.21 bits per heavy atom. The van der Waals surface area contributed by atoms with Crippen molar-refractivity contribution in [3.8, 4) is 5.95 Å². The molecule has 0 amide bonds. The molecule has 0 saturated carbocycles. The maximum Gasteiger partial charge on any atom is 0.257 e. The van der Waals surface area contributed by atoms with Crippen LogP contribution in [0.1, 0.15) is 0 Å². The van der Waals surface area contributed by atoms with E-state index in [4.69, 9.17) is 5.73 Å². The third kappa shape index (κ3) is 2.35. The quantitative estimate of drug-likeness (QED) is 0.661. The number of anilines is 1. The maximum atomic E-state index is 5.65. The number of nitrogens with two attached hydrogens (primary N) is 1. The number of rotatable bonds is 3. The van der Waals surface area contributed by atoms with Gasteiger partial charge in [0, 0.05) is 7.05 Å². The SMILES string of the molecule is Cn1cnnc1Sc1nc(N)nc(-n2cncn2)n1. The van der Waals surface area contributed by atoms with E-state index in [0.717, 1.165) is 0 Å². The molecule has 11 heteroatoms. The Morgan fingerprint density at radius 3 is 2.79 bits per heavy atom. The van der Waals surface area contributed by atoms with E-state index < -0.39 is 0 Å². The monoisotopic (exact) mass is 276 g/mol. The number of aryl methyl sites for hydroxylation is 1. The van der Waals surface area contributed by atoms with Crippen molar-refractivity contribution in [2.75, 3.05) is 5.73 Å². The molecule has 19 heavy (non-hydrogen) atoms.